The first-order chi connectivity index (χ1) is 9.60. The fraction of sp³-hybridized carbons (Fsp3) is 0.421. The van der Waals surface area contributed by atoms with Gasteiger partial charge >= 0.3 is 21.7 Å². The molecule has 0 aromatic heterocycles. The Balaban J connectivity index is -0.00000110. The Bertz CT molecular complexity index is 562. The number of halogens is 3. The second-order valence-electron chi connectivity index (χ2n) is 6.15. The van der Waals surface area contributed by atoms with Crippen molar-refractivity contribution in [3.05, 3.63) is 52.6 Å². The Labute approximate surface area is 183 Å². The summed E-state index contributed by atoms with van der Waals surface area (Å²) in [7, 11) is -0.327. The van der Waals surface area contributed by atoms with E-state index in [-0.39, 0.29) is 68.5 Å². The van der Waals surface area contributed by atoms with Crippen LogP contribution in [-0.4, -0.2) is 9.52 Å². The van der Waals surface area contributed by atoms with Gasteiger partial charge in [0.15, 0.2) is 0 Å². The van der Waals surface area contributed by atoms with Crippen LogP contribution in [-0.2, 0) is 28.1 Å². The van der Waals surface area contributed by atoms with Crippen molar-refractivity contribution in [1.82, 2.24) is 0 Å². The SMILES string of the molecule is CCCCC[c-]1ccc(C)c1[SiH2]c1cc(C)cc(C)c1.[Cl-].[Cl-].[Cl-].[Ti+4]. The van der Waals surface area contributed by atoms with E-state index in [0.717, 1.165) is 0 Å². The van der Waals surface area contributed by atoms with E-state index in [4.69, 9.17) is 0 Å². The standard InChI is InChI=1S/C19H27Si.3ClH.Ti/c1-5-6-7-8-17-10-9-16(4)19(17)20-18-12-14(2)11-15(3)13-18;;;;/h9-13H,5-8,20H2,1-4H3;3*1H;/q-1;;;;+4/p-3. The molecule has 0 nitrogen and oxygen atoms in total. The molecule has 0 aliphatic heterocycles. The summed E-state index contributed by atoms with van der Waals surface area (Å²) >= 11 is 0. The van der Waals surface area contributed by atoms with E-state index in [0.29, 0.717) is 0 Å². The van der Waals surface area contributed by atoms with E-state index in [2.05, 4.69) is 58.0 Å². The molecule has 2 aromatic rings. The van der Waals surface area contributed by atoms with Crippen molar-refractivity contribution in [3.8, 4) is 0 Å². The van der Waals surface area contributed by atoms with Crippen LogP contribution in [0.1, 0.15) is 48.4 Å². The maximum atomic E-state index is 2.39. The molecule has 0 saturated heterocycles. The van der Waals surface area contributed by atoms with Crippen LogP contribution in [0.4, 0.5) is 0 Å². The third-order valence-electron chi connectivity index (χ3n) is 4.11. The molecular weight excluding hydrogens is 411 g/mol. The van der Waals surface area contributed by atoms with Crippen LogP contribution in [0.25, 0.3) is 0 Å². The molecule has 0 unspecified atom stereocenters. The Hall–Kier alpha value is 0.371. The summed E-state index contributed by atoms with van der Waals surface area (Å²) in [5, 5.41) is 3.29. The Morgan fingerprint density at radius 2 is 1.50 bits per heavy atom. The van der Waals surface area contributed by atoms with Crippen molar-refractivity contribution >= 4 is 19.9 Å². The van der Waals surface area contributed by atoms with Crippen LogP contribution in [0.5, 0.6) is 0 Å². The second-order valence-corrected chi connectivity index (χ2v) is 8.03. The molecule has 2 aromatic carbocycles. The zero-order valence-corrected chi connectivity index (χ0v) is 20.3. The van der Waals surface area contributed by atoms with Gasteiger partial charge in [0.1, 0.15) is 0 Å². The van der Waals surface area contributed by atoms with Gasteiger partial charge in [0.2, 0.25) is 0 Å². The first kappa shape index (κ1) is 29.1. The van der Waals surface area contributed by atoms with Gasteiger partial charge in [0.05, 0.1) is 9.52 Å². The summed E-state index contributed by atoms with van der Waals surface area (Å²) in [5.74, 6) is 0. The summed E-state index contributed by atoms with van der Waals surface area (Å²) in [4.78, 5) is 0. The van der Waals surface area contributed by atoms with Crippen molar-refractivity contribution < 1.29 is 58.9 Å². The van der Waals surface area contributed by atoms with Crippen molar-refractivity contribution in [3.63, 3.8) is 0 Å². The first-order valence-electron chi connectivity index (χ1n) is 7.91. The molecule has 0 aliphatic rings. The minimum atomic E-state index is -0.327. The molecule has 0 fully saturated rings. The van der Waals surface area contributed by atoms with Gasteiger partial charge in [-0.1, -0.05) is 74.0 Å². The summed E-state index contributed by atoms with van der Waals surface area (Å²) in [5.41, 5.74) is 5.96. The van der Waals surface area contributed by atoms with E-state index < -0.39 is 0 Å². The zero-order chi connectivity index (χ0) is 14.5. The monoisotopic (exact) mass is 436 g/mol. The maximum absolute atomic E-state index is 2.39. The quantitative estimate of drug-likeness (QED) is 0.240. The predicted molar refractivity (Wildman–Crippen MR) is 93.7 cm³/mol. The van der Waals surface area contributed by atoms with Gasteiger partial charge in [-0.05, 0) is 13.8 Å². The van der Waals surface area contributed by atoms with Gasteiger partial charge in [-0.3, -0.25) is 0 Å². The van der Waals surface area contributed by atoms with Crippen LogP contribution in [0, 0.1) is 20.8 Å². The Morgan fingerprint density at radius 3 is 2.04 bits per heavy atom. The largest absolute Gasteiger partial charge is 4.00 e. The van der Waals surface area contributed by atoms with Gasteiger partial charge in [0.25, 0.3) is 0 Å². The van der Waals surface area contributed by atoms with Crippen LogP contribution < -0.4 is 47.6 Å². The molecule has 0 radical (unpaired) electrons. The van der Waals surface area contributed by atoms with E-state index in [1.165, 1.54) is 42.4 Å². The average molecular weight is 438 g/mol. The smallest absolute Gasteiger partial charge is 1.00 e. The number of aryl methyl sites for hydroxylation is 4. The fourth-order valence-corrected chi connectivity index (χ4v) is 5.28. The van der Waals surface area contributed by atoms with E-state index in [9.17, 15) is 0 Å². The van der Waals surface area contributed by atoms with Gasteiger partial charge in [0, 0.05) is 0 Å². The number of unbranched alkanes of at least 4 members (excludes halogenated alkanes) is 2. The number of rotatable bonds is 6. The summed E-state index contributed by atoms with van der Waals surface area (Å²) in [6.07, 6.45) is 5.28. The minimum absolute atomic E-state index is 0. The molecule has 0 amide bonds. The number of benzene rings is 1. The molecule has 0 saturated carbocycles. The third-order valence-corrected chi connectivity index (χ3v) is 6.29. The first-order valence-corrected chi connectivity index (χ1v) is 9.32. The van der Waals surface area contributed by atoms with Gasteiger partial charge in [-0.2, -0.15) is 16.8 Å². The van der Waals surface area contributed by atoms with Gasteiger partial charge < -0.3 is 37.2 Å². The second kappa shape index (κ2) is 14.5. The third kappa shape index (κ3) is 8.65. The van der Waals surface area contributed by atoms with Crippen molar-refractivity contribution in [2.24, 2.45) is 0 Å². The van der Waals surface area contributed by atoms with Crippen LogP contribution in [0.3, 0.4) is 0 Å². The number of hydrogen-bond acceptors (Lipinski definition) is 0. The van der Waals surface area contributed by atoms with Crippen molar-refractivity contribution in [2.45, 2.75) is 53.4 Å². The average Bonchev–Trinajstić information content (AvgIpc) is 2.71. The molecule has 0 N–H and O–H groups in total. The number of hydrogen-bond donors (Lipinski definition) is 0. The molecule has 0 aliphatic carbocycles. The summed E-state index contributed by atoms with van der Waals surface area (Å²) < 4.78 is 0. The van der Waals surface area contributed by atoms with Gasteiger partial charge in [-0.25, -0.2) is 11.6 Å². The molecule has 0 bridgehead atoms. The normalized spacial score (nSPS) is 9.67. The maximum Gasteiger partial charge on any atom is 4.00 e. The van der Waals surface area contributed by atoms with Crippen molar-refractivity contribution in [1.29, 1.82) is 0 Å². The molecule has 0 atom stereocenters. The van der Waals surface area contributed by atoms with Crippen LogP contribution in [0.2, 0.25) is 0 Å². The molecule has 132 valence electrons. The molecule has 0 heterocycles. The molecule has 5 heteroatoms. The fourth-order valence-electron chi connectivity index (χ4n) is 3.11. The molecule has 24 heavy (non-hydrogen) atoms. The van der Waals surface area contributed by atoms with Crippen LogP contribution >= 0.6 is 0 Å². The van der Waals surface area contributed by atoms with Crippen molar-refractivity contribution in [2.75, 3.05) is 0 Å². The van der Waals surface area contributed by atoms with E-state index >= 15 is 0 Å². The summed E-state index contributed by atoms with van der Waals surface area (Å²) in [6, 6.07) is 11.8. The minimum Gasteiger partial charge on any atom is -1.00 e. The zero-order valence-electron chi connectivity index (χ0n) is 15.1. The Kier molecular flexibility index (Phi) is 17.6. The predicted octanol–water partition coefficient (Wildman–Crippen LogP) is -5.81. The molecular formula is C19H27Cl3SiTi. The Morgan fingerprint density at radius 1 is 0.917 bits per heavy atom. The molecule has 2 rings (SSSR count). The molecule has 0 spiro atoms. The van der Waals surface area contributed by atoms with E-state index in [1.54, 1.807) is 15.9 Å². The topological polar surface area (TPSA) is 0 Å². The van der Waals surface area contributed by atoms with Crippen LogP contribution in [0.15, 0.2) is 30.3 Å². The van der Waals surface area contributed by atoms with Gasteiger partial charge in [-0.15, -0.1) is 0 Å². The summed E-state index contributed by atoms with van der Waals surface area (Å²) in [6.45, 7) is 8.99. The van der Waals surface area contributed by atoms with E-state index in [1.807, 2.05) is 0 Å².